The Balaban J connectivity index is 1.57. The molecule has 25 heavy (non-hydrogen) atoms. The van der Waals surface area contributed by atoms with Crippen molar-refractivity contribution >= 4 is 11.7 Å². The van der Waals surface area contributed by atoms with Crippen LogP contribution in [0.4, 0.5) is 5.82 Å². The number of carbonyl (C=O) groups excluding carboxylic acids is 1. The molecule has 1 aromatic carbocycles. The molecule has 1 unspecified atom stereocenters. The second-order valence-electron chi connectivity index (χ2n) is 5.95. The minimum atomic E-state index is -0.0792. The monoisotopic (exact) mass is 338 g/mol. The van der Waals surface area contributed by atoms with Gasteiger partial charge in [0.05, 0.1) is 18.4 Å². The van der Waals surface area contributed by atoms with Crippen molar-refractivity contribution in [3.8, 4) is 11.3 Å². The molecule has 0 bridgehead atoms. The second kappa shape index (κ2) is 7.79. The van der Waals surface area contributed by atoms with Gasteiger partial charge in [-0.15, -0.1) is 0 Å². The number of hydrogen-bond donors (Lipinski definition) is 1. The zero-order valence-electron chi connectivity index (χ0n) is 14.5. The van der Waals surface area contributed by atoms with Crippen molar-refractivity contribution in [1.29, 1.82) is 0 Å². The summed E-state index contributed by atoms with van der Waals surface area (Å²) in [6.07, 6.45) is 5.10. The maximum Gasteiger partial charge on any atom is 0.226 e. The topological polar surface area (TPSA) is 73.0 Å². The maximum absolute atomic E-state index is 12.2. The number of oxazole rings is 1. The lowest BCUT2D eigenvalue weighted by Crippen LogP contribution is -2.17. The van der Waals surface area contributed by atoms with E-state index < -0.39 is 0 Å². The molecular weight excluding hydrogens is 316 g/mol. The number of carbonyl (C=O) groups is 1. The summed E-state index contributed by atoms with van der Waals surface area (Å²) in [6, 6.07) is 11.8. The Hall–Kier alpha value is -2.89. The molecule has 130 valence electrons. The van der Waals surface area contributed by atoms with Gasteiger partial charge in [0.2, 0.25) is 5.91 Å². The van der Waals surface area contributed by atoms with Gasteiger partial charge in [-0.05, 0) is 13.3 Å². The van der Waals surface area contributed by atoms with Gasteiger partial charge in [-0.2, -0.15) is 5.10 Å². The van der Waals surface area contributed by atoms with E-state index in [0.717, 1.165) is 17.8 Å². The average molecular weight is 338 g/mol. The van der Waals surface area contributed by atoms with E-state index in [-0.39, 0.29) is 11.9 Å². The van der Waals surface area contributed by atoms with Gasteiger partial charge in [-0.25, -0.2) is 9.67 Å². The fourth-order valence-electron chi connectivity index (χ4n) is 2.52. The van der Waals surface area contributed by atoms with Crippen molar-refractivity contribution in [1.82, 2.24) is 14.8 Å². The summed E-state index contributed by atoms with van der Waals surface area (Å²) in [7, 11) is 0. The molecule has 0 aliphatic rings. The van der Waals surface area contributed by atoms with Crippen LogP contribution in [0.2, 0.25) is 0 Å². The second-order valence-corrected chi connectivity index (χ2v) is 5.95. The molecule has 6 nitrogen and oxygen atoms in total. The third-order valence-corrected chi connectivity index (χ3v) is 4.12. The summed E-state index contributed by atoms with van der Waals surface area (Å²) < 4.78 is 7.56. The van der Waals surface area contributed by atoms with Crippen LogP contribution >= 0.6 is 0 Å². The largest absolute Gasteiger partial charge is 0.441 e. The van der Waals surface area contributed by atoms with E-state index in [1.54, 1.807) is 12.4 Å². The number of aromatic nitrogens is 3. The van der Waals surface area contributed by atoms with Crippen molar-refractivity contribution in [2.75, 3.05) is 5.32 Å². The fraction of sp³-hybridized carbons (Fsp3) is 0.316. The van der Waals surface area contributed by atoms with Gasteiger partial charge in [0.1, 0.15) is 5.82 Å². The molecule has 3 rings (SSSR count). The van der Waals surface area contributed by atoms with Crippen molar-refractivity contribution in [2.24, 2.45) is 0 Å². The quantitative estimate of drug-likeness (QED) is 0.704. The Labute approximate surface area is 146 Å². The molecule has 0 aliphatic carbocycles. The first-order chi connectivity index (χ1) is 12.2. The molecule has 0 saturated heterocycles. The summed E-state index contributed by atoms with van der Waals surface area (Å²) in [5, 5.41) is 7.17. The predicted molar refractivity (Wildman–Crippen MR) is 96.1 cm³/mol. The van der Waals surface area contributed by atoms with Crippen LogP contribution in [0, 0.1) is 0 Å². The summed E-state index contributed by atoms with van der Waals surface area (Å²) in [6.45, 7) is 4.16. The van der Waals surface area contributed by atoms with E-state index in [1.165, 1.54) is 0 Å². The van der Waals surface area contributed by atoms with Gasteiger partial charge < -0.3 is 9.73 Å². The van der Waals surface area contributed by atoms with Crippen LogP contribution in [0.25, 0.3) is 11.3 Å². The van der Waals surface area contributed by atoms with Crippen LogP contribution in [-0.4, -0.2) is 20.7 Å². The minimum Gasteiger partial charge on any atom is -0.441 e. The number of benzene rings is 1. The molecular formula is C19H22N4O2. The van der Waals surface area contributed by atoms with Crippen molar-refractivity contribution in [2.45, 2.75) is 39.2 Å². The van der Waals surface area contributed by atoms with Gasteiger partial charge >= 0.3 is 0 Å². The summed E-state index contributed by atoms with van der Waals surface area (Å²) in [5.74, 6) is 1.91. The van der Waals surface area contributed by atoms with Gasteiger partial charge in [-0.3, -0.25) is 4.79 Å². The number of nitrogens with one attached hydrogen (secondary N) is 1. The van der Waals surface area contributed by atoms with E-state index >= 15 is 0 Å². The standard InChI is InChI=1S/C19H22N4O2/c1-3-14(2)23-17(11-12-21-23)22-18(24)9-10-19-20-13-16(25-19)15-7-5-4-6-8-15/h4-8,11-14H,3,9-10H2,1-2H3,(H,22,24). The first-order valence-electron chi connectivity index (χ1n) is 8.51. The Morgan fingerprint density at radius 2 is 2.08 bits per heavy atom. The lowest BCUT2D eigenvalue weighted by Gasteiger charge is -2.13. The first-order valence-corrected chi connectivity index (χ1v) is 8.51. The van der Waals surface area contributed by atoms with Crippen LogP contribution < -0.4 is 5.32 Å². The lowest BCUT2D eigenvalue weighted by atomic mass is 10.2. The third-order valence-electron chi connectivity index (χ3n) is 4.12. The molecule has 2 aromatic heterocycles. The van der Waals surface area contributed by atoms with Gasteiger partial charge in [-0.1, -0.05) is 37.3 Å². The molecule has 0 radical (unpaired) electrons. The molecule has 1 atom stereocenters. The minimum absolute atomic E-state index is 0.0792. The fourth-order valence-corrected chi connectivity index (χ4v) is 2.52. The highest BCUT2D eigenvalue weighted by molar-refractivity contribution is 5.89. The normalized spacial score (nSPS) is 12.1. The van der Waals surface area contributed by atoms with Crippen LogP contribution in [0.3, 0.4) is 0 Å². The highest BCUT2D eigenvalue weighted by Gasteiger charge is 2.13. The Morgan fingerprint density at radius 1 is 1.28 bits per heavy atom. The molecule has 3 aromatic rings. The number of hydrogen-bond acceptors (Lipinski definition) is 4. The number of aryl methyl sites for hydroxylation is 1. The predicted octanol–water partition coefficient (Wildman–Crippen LogP) is 4.08. The van der Waals surface area contributed by atoms with E-state index in [1.807, 2.05) is 41.1 Å². The molecule has 1 N–H and O–H groups in total. The van der Waals surface area contributed by atoms with Crippen LogP contribution in [-0.2, 0) is 11.2 Å². The molecule has 0 aliphatic heterocycles. The van der Waals surface area contributed by atoms with Gasteiger partial charge in [0.15, 0.2) is 11.7 Å². The molecule has 6 heteroatoms. The number of nitrogens with zero attached hydrogens (tertiary/aromatic N) is 3. The van der Waals surface area contributed by atoms with E-state index in [2.05, 4.69) is 29.2 Å². The Morgan fingerprint density at radius 3 is 2.84 bits per heavy atom. The van der Waals surface area contributed by atoms with Crippen LogP contribution in [0.5, 0.6) is 0 Å². The number of rotatable bonds is 7. The van der Waals surface area contributed by atoms with Crippen molar-refractivity contribution < 1.29 is 9.21 Å². The zero-order valence-corrected chi connectivity index (χ0v) is 14.5. The van der Waals surface area contributed by atoms with E-state index in [0.29, 0.717) is 24.5 Å². The number of anilines is 1. The van der Waals surface area contributed by atoms with Crippen LogP contribution in [0.15, 0.2) is 53.2 Å². The maximum atomic E-state index is 12.2. The zero-order chi connectivity index (χ0) is 17.6. The Kier molecular flexibility index (Phi) is 5.28. The molecule has 0 fully saturated rings. The molecule has 1 amide bonds. The summed E-state index contributed by atoms with van der Waals surface area (Å²) in [5.41, 5.74) is 0.975. The average Bonchev–Trinajstić information content (AvgIpc) is 3.29. The van der Waals surface area contributed by atoms with Crippen molar-refractivity contribution in [3.63, 3.8) is 0 Å². The van der Waals surface area contributed by atoms with Crippen LogP contribution in [0.1, 0.15) is 38.6 Å². The summed E-state index contributed by atoms with van der Waals surface area (Å²) in [4.78, 5) is 16.5. The SMILES string of the molecule is CCC(C)n1nccc1NC(=O)CCc1ncc(-c2ccccc2)o1. The smallest absolute Gasteiger partial charge is 0.226 e. The highest BCUT2D eigenvalue weighted by Crippen LogP contribution is 2.21. The third kappa shape index (κ3) is 4.15. The van der Waals surface area contributed by atoms with Gasteiger partial charge in [0, 0.05) is 24.5 Å². The van der Waals surface area contributed by atoms with E-state index in [4.69, 9.17) is 4.42 Å². The van der Waals surface area contributed by atoms with Gasteiger partial charge in [0.25, 0.3) is 0 Å². The first kappa shape index (κ1) is 17.0. The van der Waals surface area contributed by atoms with E-state index in [9.17, 15) is 4.79 Å². The molecule has 0 spiro atoms. The lowest BCUT2D eigenvalue weighted by molar-refractivity contribution is -0.116. The molecule has 2 heterocycles. The van der Waals surface area contributed by atoms with Crippen molar-refractivity contribution in [3.05, 3.63) is 54.7 Å². The highest BCUT2D eigenvalue weighted by atomic mass is 16.4. The summed E-state index contributed by atoms with van der Waals surface area (Å²) >= 11 is 0. The molecule has 0 saturated carbocycles. The Bertz CT molecular complexity index is 823. The number of amides is 1.